The van der Waals surface area contributed by atoms with Gasteiger partial charge in [0.25, 0.3) is 0 Å². The summed E-state index contributed by atoms with van der Waals surface area (Å²) < 4.78 is 29.4. The van der Waals surface area contributed by atoms with Crippen LogP contribution in [0.1, 0.15) is 26.5 Å². The van der Waals surface area contributed by atoms with Crippen molar-refractivity contribution in [3.63, 3.8) is 0 Å². The van der Waals surface area contributed by atoms with Gasteiger partial charge in [-0.1, -0.05) is 26.8 Å². The second-order valence-corrected chi connectivity index (χ2v) is 10.8. The number of hydrogen-bond donors (Lipinski definition) is 5. The van der Waals surface area contributed by atoms with Crippen molar-refractivity contribution in [3.8, 4) is 16.9 Å². The highest BCUT2D eigenvalue weighted by Crippen LogP contribution is 2.30. The van der Waals surface area contributed by atoms with Crippen molar-refractivity contribution in [2.75, 3.05) is 16.0 Å². The molecule has 5 N–H and O–H groups in total. The van der Waals surface area contributed by atoms with E-state index >= 15 is 0 Å². The molecule has 6 aromatic rings. The van der Waals surface area contributed by atoms with Crippen LogP contribution in [0.15, 0.2) is 79.1 Å². The van der Waals surface area contributed by atoms with Crippen molar-refractivity contribution in [2.45, 2.75) is 26.2 Å². The summed E-state index contributed by atoms with van der Waals surface area (Å²) in [4.78, 5) is 13.0. The molecule has 0 aliphatic heterocycles. The topological polar surface area (TPSA) is 128 Å². The number of nitrogens with zero attached hydrogens (tertiary/aromatic N) is 4. The first kappa shape index (κ1) is 26.7. The number of rotatable bonds is 6. The van der Waals surface area contributed by atoms with Crippen LogP contribution in [0.2, 0.25) is 0 Å². The van der Waals surface area contributed by atoms with Gasteiger partial charge >= 0.3 is 6.03 Å². The normalized spacial score (nSPS) is 11.5. The predicted octanol–water partition coefficient (Wildman–Crippen LogP) is 7.10. The van der Waals surface area contributed by atoms with Crippen LogP contribution in [0.3, 0.4) is 0 Å². The molecule has 3 aromatic heterocycles. The quantitative estimate of drug-likeness (QED) is 0.147. The van der Waals surface area contributed by atoms with E-state index in [1.807, 2.05) is 45.0 Å². The molecule has 0 bridgehead atoms. The summed E-state index contributed by atoms with van der Waals surface area (Å²) in [7, 11) is 0. The molecular weight excluding hydrogens is 540 g/mol. The summed E-state index contributed by atoms with van der Waals surface area (Å²) in [6, 6.07) is 17.4. The molecule has 0 radical (unpaired) electrons. The van der Waals surface area contributed by atoms with Gasteiger partial charge in [-0.05, 0) is 48.5 Å². The zero-order valence-electron chi connectivity index (χ0n) is 23.0. The molecule has 42 heavy (non-hydrogen) atoms. The third-order valence-corrected chi connectivity index (χ3v) is 6.60. The smallest absolute Gasteiger partial charge is 0.324 e. The number of aromatic nitrogens is 6. The number of benzene rings is 3. The number of fused-ring (bicyclic) bond motifs is 1. The lowest BCUT2D eigenvalue weighted by molar-refractivity contribution is 0.262. The van der Waals surface area contributed by atoms with Crippen LogP contribution in [-0.2, 0) is 5.41 Å². The molecule has 212 valence electrons. The number of anilines is 4. The van der Waals surface area contributed by atoms with E-state index < -0.39 is 17.7 Å². The Labute approximate surface area is 239 Å². The van der Waals surface area contributed by atoms with Gasteiger partial charge in [-0.15, -0.1) is 0 Å². The van der Waals surface area contributed by atoms with E-state index in [1.54, 1.807) is 36.7 Å². The van der Waals surface area contributed by atoms with Crippen molar-refractivity contribution in [1.29, 1.82) is 0 Å². The molecule has 10 nitrogen and oxygen atoms in total. The average molecular weight is 568 g/mol. The minimum absolute atomic E-state index is 0.0134. The SMILES string of the molecule is CC(C)(C)c1cc(NC(=O)Nc2cccc(Nc3ccc4c(-c5cn[nH]c5)n[nH]c4c3)c2)n(-c2ccc(F)cc2F)n1. The molecular formula is C30H27F2N9O. The highest BCUT2D eigenvalue weighted by molar-refractivity contribution is 6.00. The van der Waals surface area contributed by atoms with Crippen LogP contribution in [0, 0.1) is 11.6 Å². The molecule has 0 saturated carbocycles. The summed E-state index contributed by atoms with van der Waals surface area (Å²) >= 11 is 0. The van der Waals surface area contributed by atoms with E-state index in [1.165, 1.54) is 10.7 Å². The molecule has 0 saturated heterocycles. The zero-order valence-corrected chi connectivity index (χ0v) is 23.0. The van der Waals surface area contributed by atoms with Crippen LogP contribution in [0.5, 0.6) is 0 Å². The highest BCUT2D eigenvalue weighted by atomic mass is 19.1. The maximum absolute atomic E-state index is 14.6. The average Bonchev–Trinajstić information content (AvgIpc) is 3.68. The fourth-order valence-electron chi connectivity index (χ4n) is 4.49. The number of carbonyl (C=O) groups excluding carboxylic acids is 1. The first-order valence-electron chi connectivity index (χ1n) is 13.1. The number of urea groups is 1. The summed E-state index contributed by atoms with van der Waals surface area (Å²) in [5, 5.41) is 28.6. The third kappa shape index (κ3) is 5.42. The van der Waals surface area contributed by atoms with Crippen molar-refractivity contribution in [3.05, 3.63) is 96.5 Å². The summed E-state index contributed by atoms with van der Waals surface area (Å²) in [6.07, 6.45) is 3.50. The van der Waals surface area contributed by atoms with Crippen molar-refractivity contribution >= 4 is 39.8 Å². The summed E-state index contributed by atoms with van der Waals surface area (Å²) in [5.74, 6) is -1.27. The second-order valence-electron chi connectivity index (χ2n) is 10.8. The highest BCUT2D eigenvalue weighted by Gasteiger charge is 2.23. The molecule has 3 heterocycles. The Balaban J connectivity index is 1.19. The first-order valence-corrected chi connectivity index (χ1v) is 13.1. The van der Waals surface area contributed by atoms with E-state index in [9.17, 15) is 13.6 Å². The number of halogens is 2. The zero-order chi connectivity index (χ0) is 29.4. The molecule has 0 spiro atoms. The number of aromatic amines is 2. The molecule has 0 unspecified atom stereocenters. The van der Waals surface area contributed by atoms with Crippen LogP contribution in [-0.4, -0.2) is 36.2 Å². The minimum atomic E-state index is -0.799. The Kier molecular flexibility index (Phi) is 6.65. The maximum atomic E-state index is 14.6. The number of nitrogens with one attached hydrogen (secondary N) is 5. The molecule has 6 rings (SSSR count). The molecule has 0 aliphatic carbocycles. The van der Waals surface area contributed by atoms with Gasteiger partial charge in [-0.25, -0.2) is 18.3 Å². The largest absolute Gasteiger partial charge is 0.355 e. The molecule has 0 fully saturated rings. The lowest BCUT2D eigenvalue weighted by Gasteiger charge is -2.14. The van der Waals surface area contributed by atoms with Crippen molar-refractivity contribution in [2.24, 2.45) is 0 Å². The van der Waals surface area contributed by atoms with Crippen LogP contribution < -0.4 is 16.0 Å². The lowest BCUT2D eigenvalue weighted by Crippen LogP contribution is -2.21. The van der Waals surface area contributed by atoms with E-state index in [0.29, 0.717) is 11.4 Å². The Morgan fingerprint density at radius 1 is 0.929 bits per heavy atom. The van der Waals surface area contributed by atoms with Crippen LogP contribution in [0.4, 0.5) is 36.5 Å². The predicted molar refractivity (Wildman–Crippen MR) is 158 cm³/mol. The number of hydrogen-bond acceptors (Lipinski definition) is 5. The number of H-pyrrole nitrogens is 2. The molecule has 0 atom stereocenters. The van der Waals surface area contributed by atoms with Gasteiger partial charge in [0, 0.05) is 51.8 Å². The Morgan fingerprint density at radius 3 is 2.50 bits per heavy atom. The maximum Gasteiger partial charge on any atom is 0.324 e. The van der Waals surface area contributed by atoms with Crippen molar-refractivity contribution in [1.82, 2.24) is 30.2 Å². The summed E-state index contributed by atoms with van der Waals surface area (Å²) in [5.41, 5.74) is 4.90. The first-order chi connectivity index (χ1) is 20.1. The third-order valence-electron chi connectivity index (χ3n) is 6.60. The van der Waals surface area contributed by atoms with Gasteiger partial charge in [0.15, 0.2) is 5.82 Å². The number of carbonyl (C=O) groups is 1. The van der Waals surface area contributed by atoms with E-state index in [0.717, 1.165) is 45.7 Å². The van der Waals surface area contributed by atoms with Gasteiger partial charge < -0.3 is 10.6 Å². The molecule has 12 heteroatoms. The Morgan fingerprint density at radius 2 is 1.74 bits per heavy atom. The fraction of sp³-hybridized carbons (Fsp3) is 0.133. The fourth-order valence-corrected chi connectivity index (χ4v) is 4.49. The molecule has 3 aromatic carbocycles. The number of amides is 2. The van der Waals surface area contributed by atoms with Gasteiger partial charge in [0.2, 0.25) is 0 Å². The van der Waals surface area contributed by atoms with Crippen molar-refractivity contribution < 1.29 is 13.6 Å². The van der Waals surface area contributed by atoms with Gasteiger partial charge in [-0.2, -0.15) is 15.3 Å². The second kappa shape index (κ2) is 10.5. The molecule has 2 amide bonds. The van der Waals surface area contributed by atoms with E-state index in [-0.39, 0.29) is 16.9 Å². The lowest BCUT2D eigenvalue weighted by atomic mass is 9.92. The minimum Gasteiger partial charge on any atom is -0.355 e. The van der Waals surface area contributed by atoms with Gasteiger partial charge in [0.1, 0.15) is 23.0 Å². The van der Waals surface area contributed by atoms with Crippen LogP contribution >= 0.6 is 0 Å². The Bertz CT molecular complexity index is 1900. The van der Waals surface area contributed by atoms with Gasteiger partial charge in [0.05, 0.1) is 17.4 Å². The Hall–Kier alpha value is -5.52. The monoisotopic (exact) mass is 567 g/mol. The molecule has 0 aliphatic rings. The van der Waals surface area contributed by atoms with Gasteiger partial charge in [-0.3, -0.25) is 15.5 Å². The van der Waals surface area contributed by atoms with E-state index in [4.69, 9.17) is 0 Å². The standard InChI is InChI=1S/C30H27F2N9O/c1-30(2,3)26-14-27(41(40-26)25-10-7-18(31)11-23(25)32)37-29(42)36-20-6-4-5-19(12-20)35-21-8-9-22-24(13-21)38-39-28(22)17-15-33-34-16-17/h4-16,35H,1-3H3,(H,33,34)(H,38,39)(H2,36,37,42). The van der Waals surface area contributed by atoms with E-state index in [2.05, 4.69) is 41.4 Å². The summed E-state index contributed by atoms with van der Waals surface area (Å²) in [6.45, 7) is 5.85. The van der Waals surface area contributed by atoms with Crippen LogP contribution in [0.25, 0.3) is 27.8 Å².